The van der Waals surface area contributed by atoms with Crippen molar-refractivity contribution in [3.05, 3.63) is 34.9 Å². The standard InChI is InChI=1S/C22H37NO4/c1-17(2)10-8-11-18(3)12-9-13-19(4)14-15-26-20(24)16-23-21(25)27-22(5,6)7/h10,12,14H,8-9,11,13,15-16H2,1-7H3,(H,23,25). The highest BCUT2D eigenvalue weighted by Gasteiger charge is 2.16. The van der Waals surface area contributed by atoms with E-state index in [4.69, 9.17) is 9.47 Å². The maximum Gasteiger partial charge on any atom is 0.408 e. The predicted octanol–water partition coefficient (Wildman–Crippen LogP) is 5.47. The number of carbonyl (C=O) groups excluding carboxylic acids is 2. The van der Waals surface area contributed by atoms with Gasteiger partial charge in [0.25, 0.3) is 0 Å². The van der Waals surface area contributed by atoms with Crippen molar-refractivity contribution in [2.24, 2.45) is 0 Å². The first kappa shape index (κ1) is 25.0. The number of carbonyl (C=O) groups is 2. The molecular formula is C22H37NO4. The second-order valence-corrected chi connectivity index (χ2v) is 8.00. The smallest absolute Gasteiger partial charge is 0.408 e. The molecule has 27 heavy (non-hydrogen) atoms. The molecule has 0 atom stereocenters. The first-order chi connectivity index (χ1) is 12.5. The van der Waals surface area contributed by atoms with Crippen molar-refractivity contribution in [2.45, 2.75) is 79.8 Å². The molecule has 0 aromatic carbocycles. The maximum atomic E-state index is 11.6. The third-order valence-corrected chi connectivity index (χ3v) is 3.57. The minimum Gasteiger partial charge on any atom is -0.460 e. The summed E-state index contributed by atoms with van der Waals surface area (Å²) < 4.78 is 10.1. The molecule has 5 heteroatoms. The molecule has 1 amide bonds. The van der Waals surface area contributed by atoms with E-state index in [2.05, 4.69) is 38.2 Å². The fraction of sp³-hybridized carbons (Fsp3) is 0.636. The van der Waals surface area contributed by atoms with Crippen molar-refractivity contribution < 1.29 is 19.1 Å². The molecule has 0 fully saturated rings. The van der Waals surface area contributed by atoms with Crippen molar-refractivity contribution in [1.29, 1.82) is 0 Å². The number of hydrogen-bond acceptors (Lipinski definition) is 4. The van der Waals surface area contributed by atoms with E-state index in [1.807, 2.05) is 13.0 Å². The summed E-state index contributed by atoms with van der Waals surface area (Å²) in [7, 11) is 0. The zero-order valence-electron chi connectivity index (χ0n) is 18.1. The van der Waals surface area contributed by atoms with Crippen LogP contribution in [0.1, 0.15) is 74.1 Å². The number of rotatable bonds is 10. The zero-order valence-corrected chi connectivity index (χ0v) is 18.1. The average molecular weight is 380 g/mol. The molecule has 0 aliphatic carbocycles. The van der Waals surface area contributed by atoms with Gasteiger partial charge in [0.2, 0.25) is 0 Å². The van der Waals surface area contributed by atoms with Gasteiger partial charge in [-0.15, -0.1) is 0 Å². The Morgan fingerprint density at radius 1 is 0.889 bits per heavy atom. The third kappa shape index (κ3) is 17.1. The molecule has 0 aromatic rings. The number of amides is 1. The maximum absolute atomic E-state index is 11.6. The summed E-state index contributed by atoms with van der Waals surface area (Å²) in [5, 5.41) is 2.38. The van der Waals surface area contributed by atoms with Gasteiger partial charge in [-0.1, -0.05) is 28.9 Å². The average Bonchev–Trinajstić information content (AvgIpc) is 2.51. The Morgan fingerprint density at radius 2 is 1.44 bits per heavy atom. The molecule has 154 valence electrons. The van der Waals surface area contributed by atoms with E-state index in [9.17, 15) is 9.59 Å². The van der Waals surface area contributed by atoms with E-state index in [0.29, 0.717) is 0 Å². The monoisotopic (exact) mass is 379 g/mol. The van der Waals surface area contributed by atoms with Crippen molar-refractivity contribution in [3.63, 3.8) is 0 Å². The van der Waals surface area contributed by atoms with Gasteiger partial charge in [0, 0.05) is 0 Å². The summed E-state index contributed by atoms with van der Waals surface area (Å²) in [6.45, 7) is 13.7. The summed E-state index contributed by atoms with van der Waals surface area (Å²) >= 11 is 0. The molecule has 0 bridgehead atoms. The number of esters is 1. The number of allylic oxidation sites excluding steroid dienone is 5. The third-order valence-electron chi connectivity index (χ3n) is 3.57. The molecule has 1 N–H and O–H groups in total. The van der Waals surface area contributed by atoms with Crippen LogP contribution in [0, 0.1) is 0 Å². The van der Waals surface area contributed by atoms with Crippen molar-refractivity contribution in [2.75, 3.05) is 13.2 Å². The minimum atomic E-state index is -0.627. The van der Waals surface area contributed by atoms with Crippen LogP contribution in [-0.2, 0) is 14.3 Å². The molecule has 0 saturated carbocycles. The van der Waals surface area contributed by atoms with Gasteiger partial charge < -0.3 is 14.8 Å². The van der Waals surface area contributed by atoms with E-state index in [0.717, 1.165) is 25.7 Å². The number of ether oxygens (including phenoxy) is 2. The van der Waals surface area contributed by atoms with Crippen molar-refractivity contribution >= 4 is 12.1 Å². The second kappa shape index (κ2) is 13.2. The number of alkyl carbamates (subject to hydrolysis) is 1. The molecule has 0 aromatic heterocycles. The predicted molar refractivity (Wildman–Crippen MR) is 111 cm³/mol. The number of hydrogen-bond donors (Lipinski definition) is 1. The normalized spacial score (nSPS) is 12.4. The summed E-state index contributed by atoms with van der Waals surface area (Å²) in [5.74, 6) is -0.486. The molecule has 5 nitrogen and oxygen atoms in total. The summed E-state index contributed by atoms with van der Waals surface area (Å²) in [6, 6.07) is 0. The lowest BCUT2D eigenvalue weighted by Crippen LogP contribution is -2.36. The Balaban J connectivity index is 3.99. The van der Waals surface area contributed by atoms with E-state index in [1.165, 1.54) is 16.7 Å². The van der Waals surface area contributed by atoms with Crippen LogP contribution in [0.15, 0.2) is 34.9 Å². The Kier molecular flexibility index (Phi) is 12.2. The van der Waals surface area contributed by atoms with Gasteiger partial charge >= 0.3 is 12.1 Å². The Morgan fingerprint density at radius 3 is 2.00 bits per heavy atom. The van der Waals surface area contributed by atoms with Gasteiger partial charge in [0.1, 0.15) is 18.8 Å². The van der Waals surface area contributed by atoms with Crippen molar-refractivity contribution in [1.82, 2.24) is 5.32 Å². The lowest BCUT2D eigenvalue weighted by molar-refractivity contribution is -0.141. The van der Waals surface area contributed by atoms with Crippen LogP contribution in [0.2, 0.25) is 0 Å². The second-order valence-electron chi connectivity index (χ2n) is 8.00. The van der Waals surface area contributed by atoms with Gasteiger partial charge in [0.05, 0.1) is 0 Å². The van der Waals surface area contributed by atoms with E-state index >= 15 is 0 Å². The van der Waals surface area contributed by atoms with Crippen LogP contribution in [0.5, 0.6) is 0 Å². The molecule has 0 saturated heterocycles. The highest BCUT2D eigenvalue weighted by atomic mass is 16.6. The van der Waals surface area contributed by atoms with Crippen molar-refractivity contribution in [3.8, 4) is 0 Å². The highest BCUT2D eigenvalue weighted by molar-refractivity contribution is 5.78. The van der Waals surface area contributed by atoms with Gasteiger partial charge in [-0.3, -0.25) is 4.79 Å². The first-order valence-corrected chi connectivity index (χ1v) is 9.56. The SMILES string of the molecule is CC(C)=CCCC(C)=CCCC(C)=CCOC(=O)CNC(=O)OC(C)(C)C. The largest absolute Gasteiger partial charge is 0.460 e. The van der Waals surface area contributed by atoms with Gasteiger partial charge in [-0.05, 0) is 80.2 Å². The van der Waals surface area contributed by atoms with Crippen LogP contribution in [-0.4, -0.2) is 30.8 Å². The molecule has 0 radical (unpaired) electrons. The molecule has 0 spiro atoms. The molecule has 0 rings (SSSR count). The molecule has 0 aliphatic heterocycles. The van der Waals surface area contributed by atoms with E-state index in [-0.39, 0.29) is 13.2 Å². The summed E-state index contributed by atoms with van der Waals surface area (Å²) in [6.07, 6.45) is 9.91. The fourth-order valence-electron chi connectivity index (χ4n) is 2.13. The van der Waals surface area contributed by atoms with Crippen LogP contribution in [0.4, 0.5) is 4.79 Å². The lowest BCUT2D eigenvalue weighted by Gasteiger charge is -2.19. The van der Waals surface area contributed by atoms with Crippen LogP contribution >= 0.6 is 0 Å². The Bertz CT molecular complexity index is 561. The fourth-order valence-corrected chi connectivity index (χ4v) is 2.13. The van der Waals surface area contributed by atoms with E-state index in [1.54, 1.807) is 20.8 Å². The van der Waals surface area contributed by atoms with E-state index < -0.39 is 17.7 Å². The Labute approximate surface area is 164 Å². The first-order valence-electron chi connectivity index (χ1n) is 9.56. The topological polar surface area (TPSA) is 64.6 Å². The van der Waals surface area contributed by atoms with Gasteiger partial charge in [-0.2, -0.15) is 0 Å². The van der Waals surface area contributed by atoms with Crippen LogP contribution in [0.25, 0.3) is 0 Å². The molecule has 0 aliphatic rings. The number of nitrogens with one attached hydrogen (secondary N) is 1. The summed E-state index contributed by atoms with van der Waals surface area (Å²) in [4.78, 5) is 23.1. The molecule has 0 heterocycles. The van der Waals surface area contributed by atoms with Gasteiger partial charge in [0.15, 0.2) is 0 Å². The summed E-state index contributed by atoms with van der Waals surface area (Å²) in [5.41, 5.74) is 3.35. The Hall–Kier alpha value is -2.04. The van der Waals surface area contributed by atoms with Crippen LogP contribution < -0.4 is 5.32 Å². The minimum absolute atomic E-state index is 0.199. The molecule has 0 unspecified atom stereocenters. The van der Waals surface area contributed by atoms with Gasteiger partial charge in [-0.25, -0.2) is 4.79 Å². The lowest BCUT2D eigenvalue weighted by atomic mass is 10.1. The zero-order chi connectivity index (χ0) is 20.9. The molecular weight excluding hydrogens is 342 g/mol. The van der Waals surface area contributed by atoms with Crippen LogP contribution in [0.3, 0.4) is 0 Å². The quantitative estimate of drug-likeness (QED) is 0.403. The highest BCUT2D eigenvalue weighted by Crippen LogP contribution is 2.11.